The topological polar surface area (TPSA) is 80.5 Å². The van der Waals surface area contributed by atoms with Gasteiger partial charge in [-0.1, -0.05) is 35.6 Å². The standard InChI is InChI=1S/C22H24N4O2S/c23-21(27)26-13-15-11-17(15)19(26)12-24-10-9-14-5-7-16(8-6-14)28-22-25-18-3-1-2-4-20(18)29-22/h1-8,15,17,19,24H,9-13H2,(H2,23,27). The van der Waals surface area contributed by atoms with Crippen LogP contribution in [0.15, 0.2) is 48.5 Å². The molecule has 2 amide bonds. The van der Waals surface area contributed by atoms with Crippen molar-refractivity contribution in [1.82, 2.24) is 15.2 Å². The number of urea groups is 1. The number of fused-ring (bicyclic) bond motifs is 2. The number of rotatable bonds is 7. The molecule has 1 aliphatic heterocycles. The molecule has 2 aromatic carbocycles. The second-order valence-corrected chi connectivity index (χ2v) is 8.86. The summed E-state index contributed by atoms with van der Waals surface area (Å²) in [6.07, 6.45) is 2.17. The van der Waals surface area contributed by atoms with E-state index < -0.39 is 0 Å². The zero-order valence-corrected chi connectivity index (χ0v) is 16.9. The number of amides is 2. The van der Waals surface area contributed by atoms with Crippen LogP contribution in [0.4, 0.5) is 4.79 Å². The number of nitrogens with zero attached hydrogens (tertiary/aromatic N) is 2. The molecule has 5 rings (SSSR count). The van der Waals surface area contributed by atoms with Crippen molar-refractivity contribution in [2.75, 3.05) is 19.6 Å². The number of ether oxygens (including phenoxy) is 1. The number of carbonyl (C=O) groups excluding carboxylic acids is 1. The first-order chi connectivity index (χ1) is 14.2. The number of likely N-dealkylation sites (tertiary alicyclic amines) is 1. The number of carbonyl (C=O) groups is 1. The molecule has 150 valence electrons. The van der Waals surface area contributed by atoms with E-state index in [1.54, 1.807) is 11.3 Å². The Morgan fingerprint density at radius 1 is 1.24 bits per heavy atom. The minimum Gasteiger partial charge on any atom is -0.431 e. The predicted molar refractivity (Wildman–Crippen MR) is 114 cm³/mol. The number of hydrogen-bond acceptors (Lipinski definition) is 5. The SMILES string of the molecule is NC(=O)N1CC2CC2C1CNCCc1ccc(Oc2nc3ccccc3s2)cc1. The minimum atomic E-state index is -0.285. The van der Waals surface area contributed by atoms with Crippen LogP contribution < -0.4 is 15.8 Å². The van der Waals surface area contributed by atoms with E-state index >= 15 is 0 Å². The molecule has 0 spiro atoms. The van der Waals surface area contributed by atoms with Gasteiger partial charge in [0.1, 0.15) is 5.75 Å². The quantitative estimate of drug-likeness (QED) is 0.585. The molecule has 1 aliphatic carbocycles. The van der Waals surface area contributed by atoms with Crippen LogP contribution in [0.25, 0.3) is 10.2 Å². The number of piperidine rings is 1. The molecule has 2 aliphatic rings. The van der Waals surface area contributed by atoms with Crippen molar-refractivity contribution in [2.45, 2.75) is 18.9 Å². The maximum absolute atomic E-state index is 11.6. The average Bonchev–Trinajstić information content (AvgIpc) is 3.22. The molecule has 0 bridgehead atoms. The molecule has 3 aromatic rings. The number of nitrogens with two attached hydrogens (primary N) is 1. The van der Waals surface area contributed by atoms with Crippen LogP contribution in [0, 0.1) is 11.8 Å². The van der Waals surface area contributed by atoms with Crippen LogP contribution in [0.1, 0.15) is 12.0 Å². The van der Waals surface area contributed by atoms with Crippen molar-refractivity contribution in [3.8, 4) is 10.9 Å². The highest BCUT2D eigenvalue weighted by atomic mass is 32.1. The first-order valence-electron chi connectivity index (χ1n) is 10.1. The van der Waals surface area contributed by atoms with Crippen molar-refractivity contribution in [3.63, 3.8) is 0 Å². The van der Waals surface area contributed by atoms with Gasteiger partial charge in [-0.3, -0.25) is 0 Å². The Morgan fingerprint density at radius 3 is 2.86 bits per heavy atom. The summed E-state index contributed by atoms with van der Waals surface area (Å²) < 4.78 is 7.03. The smallest absolute Gasteiger partial charge is 0.315 e. The molecule has 7 heteroatoms. The van der Waals surface area contributed by atoms with Crippen molar-refractivity contribution in [2.24, 2.45) is 17.6 Å². The maximum Gasteiger partial charge on any atom is 0.315 e. The molecule has 6 nitrogen and oxygen atoms in total. The van der Waals surface area contributed by atoms with E-state index in [4.69, 9.17) is 10.5 Å². The van der Waals surface area contributed by atoms with Crippen molar-refractivity contribution < 1.29 is 9.53 Å². The molecule has 3 unspecified atom stereocenters. The fourth-order valence-electron chi connectivity index (χ4n) is 4.29. The summed E-state index contributed by atoms with van der Waals surface area (Å²) in [6.45, 7) is 2.53. The molecular weight excluding hydrogens is 384 g/mol. The number of hydrogen-bond donors (Lipinski definition) is 2. The molecule has 1 aromatic heterocycles. The first-order valence-corrected chi connectivity index (χ1v) is 10.9. The lowest BCUT2D eigenvalue weighted by Gasteiger charge is -2.26. The zero-order chi connectivity index (χ0) is 19.8. The van der Waals surface area contributed by atoms with Gasteiger partial charge in [-0.2, -0.15) is 0 Å². The average molecular weight is 409 g/mol. The van der Waals surface area contributed by atoms with Crippen LogP contribution in [-0.2, 0) is 6.42 Å². The van der Waals surface area contributed by atoms with Crippen LogP contribution in [-0.4, -0.2) is 41.6 Å². The summed E-state index contributed by atoms with van der Waals surface area (Å²) >= 11 is 1.55. The maximum atomic E-state index is 11.6. The van der Waals surface area contributed by atoms with Gasteiger partial charge in [0, 0.05) is 19.1 Å². The number of aromatic nitrogens is 1. The van der Waals surface area contributed by atoms with Gasteiger partial charge >= 0.3 is 6.03 Å². The molecule has 1 saturated carbocycles. The van der Waals surface area contributed by atoms with E-state index in [1.807, 2.05) is 41.3 Å². The summed E-state index contributed by atoms with van der Waals surface area (Å²) in [5.41, 5.74) is 7.71. The Hall–Kier alpha value is -2.64. The van der Waals surface area contributed by atoms with Crippen molar-refractivity contribution in [1.29, 1.82) is 0 Å². The monoisotopic (exact) mass is 408 g/mol. The number of benzene rings is 2. The second kappa shape index (κ2) is 7.65. The van der Waals surface area contributed by atoms with E-state index in [1.165, 1.54) is 12.0 Å². The van der Waals surface area contributed by atoms with Crippen molar-refractivity contribution in [3.05, 3.63) is 54.1 Å². The van der Waals surface area contributed by atoms with E-state index in [9.17, 15) is 4.79 Å². The first kappa shape index (κ1) is 18.4. The van der Waals surface area contributed by atoms with E-state index in [-0.39, 0.29) is 12.1 Å². The number of primary amides is 1. The van der Waals surface area contributed by atoms with Gasteiger partial charge in [0.2, 0.25) is 0 Å². The summed E-state index contributed by atoms with van der Waals surface area (Å²) in [5, 5.41) is 4.16. The molecule has 2 fully saturated rings. The van der Waals surface area contributed by atoms with Crippen LogP contribution in [0.5, 0.6) is 10.9 Å². The van der Waals surface area contributed by atoms with Crippen LogP contribution in [0.2, 0.25) is 0 Å². The van der Waals surface area contributed by atoms with E-state index in [0.29, 0.717) is 17.0 Å². The van der Waals surface area contributed by atoms with Gasteiger partial charge in [-0.25, -0.2) is 9.78 Å². The molecular formula is C22H24N4O2S. The van der Waals surface area contributed by atoms with Gasteiger partial charge in [0.15, 0.2) is 0 Å². The molecule has 3 atom stereocenters. The Bertz CT molecular complexity index is 986. The Morgan fingerprint density at radius 2 is 2.07 bits per heavy atom. The minimum absolute atomic E-state index is 0.266. The molecule has 1 saturated heterocycles. The Labute approximate surface area is 173 Å². The lowest BCUT2D eigenvalue weighted by atomic mass is 10.1. The summed E-state index contributed by atoms with van der Waals surface area (Å²) in [7, 11) is 0. The predicted octanol–water partition coefficient (Wildman–Crippen LogP) is 3.62. The Balaban J connectivity index is 1.11. The number of nitrogens with one attached hydrogen (secondary N) is 1. The fourth-order valence-corrected chi connectivity index (χ4v) is 5.12. The van der Waals surface area contributed by atoms with Crippen LogP contribution >= 0.6 is 11.3 Å². The molecule has 2 heterocycles. The molecule has 29 heavy (non-hydrogen) atoms. The van der Waals surface area contributed by atoms with Gasteiger partial charge in [-0.05, 0) is 61.1 Å². The highest BCUT2D eigenvalue weighted by molar-refractivity contribution is 7.20. The van der Waals surface area contributed by atoms with Gasteiger partial charge in [0.05, 0.1) is 10.2 Å². The third kappa shape index (κ3) is 3.93. The summed E-state index contributed by atoms with van der Waals surface area (Å²) in [4.78, 5) is 17.9. The van der Waals surface area contributed by atoms with Gasteiger partial charge in [-0.15, -0.1) is 0 Å². The highest BCUT2D eigenvalue weighted by Gasteiger charge is 2.53. The largest absolute Gasteiger partial charge is 0.431 e. The van der Waals surface area contributed by atoms with Gasteiger partial charge < -0.3 is 20.7 Å². The van der Waals surface area contributed by atoms with Crippen LogP contribution in [0.3, 0.4) is 0 Å². The zero-order valence-electron chi connectivity index (χ0n) is 16.1. The third-order valence-corrected chi connectivity index (χ3v) is 6.85. The normalized spacial score (nSPS) is 22.6. The fraction of sp³-hybridized carbons (Fsp3) is 0.364. The third-order valence-electron chi connectivity index (χ3n) is 5.93. The van der Waals surface area contributed by atoms with Crippen molar-refractivity contribution >= 4 is 27.6 Å². The number of para-hydroxylation sites is 1. The van der Waals surface area contributed by atoms with Gasteiger partial charge in [0.25, 0.3) is 5.19 Å². The lowest BCUT2D eigenvalue weighted by molar-refractivity contribution is 0.191. The highest BCUT2D eigenvalue weighted by Crippen LogP contribution is 2.49. The Kier molecular flexibility index (Phi) is 4.85. The second-order valence-electron chi connectivity index (χ2n) is 7.87. The summed E-state index contributed by atoms with van der Waals surface area (Å²) in [6, 6.07) is 16.2. The number of thiazole rings is 1. The van der Waals surface area contributed by atoms with E-state index in [2.05, 4.69) is 22.4 Å². The molecule has 0 radical (unpaired) electrons. The van der Waals surface area contributed by atoms with E-state index in [0.717, 1.165) is 42.0 Å². The molecule has 3 N–H and O–H groups in total. The lowest BCUT2D eigenvalue weighted by Crippen LogP contribution is -2.46. The summed E-state index contributed by atoms with van der Waals surface area (Å²) in [5.74, 6) is 2.12.